The molecule has 0 aliphatic carbocycles. The van der Waals surface area contributed by atoms with Gasteiger partial charge in [0.25, 0.3) is 0 Å². The largest absolute Gasteiger partial charge is 0.451 e. The van der Waals surface area contributed by atoms with Crippen molar-refractivity contribution in [2.24, 2.45) is 10.2 Å². The smallest absolute Gasteiger partial charge is 0.307 e. The number of benzene rings is 2. The first-order chi connectivity index (χ1) is 14.1. The molecule has 0 saturated carbocycles. The van der Waals surface area contributed by atoms with Crippen LogP contribution in [0.15, 0.2) is 79.7 Å². The van der Waals surface area contributed by atoms with Gasteiger partial charge in [0.05, 0.1) is 11.9 Å². The lowest BCUT2D eigenvalue weighted by molar-refractivity contribution is 0.0922. The molecule has 8 nitrogen and oxygen atoms in total. The minimum atomic E-state index is -0.489. The number of para-hydroxylation sites is 2. The number of hydrogen-bond acceptors (Lipinski definition) is 6. The Kier molecular flexibility index (Phi) is 4.90. The van der Waals surface area contributed by atoms with Crippen LogP contribution < -0.4 is 10.9 Å². The molecule has 2 aromatic heterocycles. The zero-order chi connectivity index (χ0) is 20.2. The van der Waals surface area contributed by atoms with Gasteiger partial charge < -0.3 is 8.83 Å². The summed E-state index contributed by atoms with van der Waals surface area (Å²) >= 11 is 0. The summed E-state index contributed by atoms with van der Waals surface area (Å²) in [6.45, 7) is 1.62. The summed E-state index contributed by atoms with van der Waals surface area (Å²) in [7, 11) is 0. The predicted octanol–water partition coefficient (Wildman–Crippen LogP) is 3.70. The molecule has 2 aromatic carbocycles. The van der Waals surface area contributed by atoms with E-state index in [4.69, 9.17) is 8.83 Å². The Morgan fingerprint density at radius 1 is 0.828 bits per heavy atom. The molecule has 0 unspecified atom stereocenters. The van der Waals surface area contributed by atoms with Crippen LogP contribution in [0, 0.1) is 0 Å². The van der Waals surface area contributed by atoms with Crippen molar-refractivity contribution >= 4 is 45.7 Å². The lowest BCUT2D eigenvalue weighted by Gasteiger charge is -1.97. The van der Waals surface area contributed by atoms with Crippen LogP contribution in [0.3, 0.4) is 0 Å². The molecule has 0 spiro atoms. The number of hydrogen-bond donors (Lipinski definition) is 2. The van der Waals surface area contributed by atoms with Gasteiger partial charge in [-0.3, -0.25) is 9.59 Å². The van der Waals surface area contributed by atoms with E-state index < -0.39 is 11.8 Å². The summed E-state index contributed by atoms with van der Waals surface area (Å²) < 4.78 is 10.9. The third kappa shape index (κ3) is 4.06. The Morgan fingerprint density at radius 2 is 1.34 bits per heavy atom. The van der Waals surface area contributed by atoms with Gasteiger partial charge in [0, 0.05) is 10.8 Å². The maximum absolute atomic E-state index is 12.1. The van der Waals surface area contributed by atoms with Crippen LogP contribution in [-0.4, -0.2) is 23.7 Å². The third-order valence-electron chi connectivity index (χ3n) is 4.05. The number of amides is 2. The highest BCUT2D eigenvalue weighted by Crippen LogP contribution is 2.19. The van der Waals surface area contributed by atoms with E-state index in [0.29, 0.717) is 16.9 Å². The normalized spacial score (nSPS) is 12.0. The van der Waals surface area contributed by atoms with Crippen LogP contribution in [0.5, 0.6) is 0 Å². The quantitative estimate of drug-likeness (QED) is 0.401. The number of nitrogens with zero attached hydrogens (tertiary/aromatic N) is 2. The highest BCUT2D eigenvalue weighted by atomic mass is 16.4. The predicted molar refractivity (Wildman–Crippen MR) is 109 cm³/mol. The summed E-state index contributed by atoms with van der Waals surface area (Å²) in [6, 6.07) is 17.9. The third-order valence-corrected chi connectivity index (χ3v) is 4.05. The van der Waals surface area contributed by atoms with E-state index in [-0.39, 0.29) is 11.5 Å². The summed E-state index contributed by atoms with van der Waals surface area (Å²) in [5.41, 5.74) is 6.34. The van der Waals surface area contributed by atoms with Gasteiger partial charge in [-0.05, 0) is 31.2 Å². The first-order valence-corrected chi connectivity index (χ1v) is 8.75. The molecule has 0 saturated heterocycles. The number of hydrazone groups is 2. The summed E-state index contributed by atoms with van der Waals surface area (Å²) in [4.78, 5) is 24.2. The second kappa shape index (κ2) is 7.81. The van der Waals surface area contributed by atoms with E-state index in [9.17, 15) is 9.59 Å². The van der Waals surface area contributed by atoms with E-state index in [1.165, 1.54) is 6.21 Å². The van der Waals surface area contributed by atoms with Crippen LogP contribution >= 0.6 is 0 Å². The monoisotopic (exact) mass is 388 g/mol. The second-order valence-corrected chi connectivity index (χ2v) is 6.19. The van der Waals surface area contributed by atoms with Crippen molar-refractivity contribution in [2.75, 3.05) is 0 Å². The van der Waals surface area contributed by atoms with Gasteiger partial charge in [0.2, 0.25) is 0 Å². The van der Waals surface area contributed by atoms with Crippen molar-refractivity contribution in [1.82, 2.24) is 10.9 Å². The van der Waals surface area contributed by atoms with Crippen LogP contribution in [0.25, 0.3) is 21.9 Å². The maximum Gasteiger partial charge on any atom is 0.307 e. The van der Waals surface area contributed by atoms with E-state index in [1.807, 2.05) is 36.4 Å². The molecule has 2 amide bonds. The highest BCUT2D eigenvalue weighted by Gasteiger charge is 2.12. The standard InChI is InChI=1S/C21H16N4O4/c1-13(23-25-21(27)19-11-15-7-3-5-9-17(15)29-19)12-22-24-20(26)18-10-14-6-2-4-8-16(14)28-18/h2-12H,1H3,(H,24,26)(H,25,27)/b22-12-,23-13?. The summed E-state index contributed by atoms with van der Waals surface area (Å²) in [5, 5.41) is 9.37. The molecule has 0 radical (unpaired) electrons. The Balaban J connectivity index is 1.34. The van der Waals surface area contributed by atoms with E-state index in [1.54, 1.807) is 31.2 Å². The molecule has 29 heavy (non-hydrogen) atoms. The van der Waals surface area contributed by atoms with Gasteiger partial charge in [-0.1, -0.05) is 36.4 Å². The fraction of sp³-hybridized carbons (Fsp3) is 0.0476. The topological polar surface area (TPSA) is 109 Å². The van der Waals surface area contributed by atoms with Crippen LogP contribution in [-0.2, 0) is 0 Å². The van der Waals surface area contributed by atoms with Gasteiger partial charge in [-0.2, -0.15) is 10.2 Å². The second-order valence-electron chi connectivity index (χ2n) is 6.19. The molecule has 4 aromatic rings. The highest BCUT2D eigenvalue weighted by molar-refractivity contribution is 6.29. The number of carbonyl (C=O) groups excluding carboxylic acids is 2. The zero-order valence-electron chi connectivity index (χ0n) is 15.4. The van der Waals surface area contributed by atoms with Gasteiger partial charge in [0.1, 0.15) is 11.2 Å². The first kappa shape index (κ1) is 18.2. The fourth-order valence-electron chi connectivity index (χ4n) is 2.65. The molecule has 0 aliphatic heterocycles. The molecule has 144 valence electrons. The molecule has 0 bridgehead atoms. The van der Waals surface area contributed by atoms with E-state index in [2.05, 4.69) is 21.1 Å². The molecular weight excluding hydrogens is 372 g/mol. The van der Waals surface area contributed by atoms with Crippen LogP contribution in [0.1, 0.15) is 28.0 Å². The number of nitrogens with one attached hydrogen (secondary N) is 2. The van der Waals surface area contributed by atoms with Gasteiger partial charge in [-0.25, -0.2) is 10.9 Å². The van der Waals surface area contributed by atoms with Crippen molar-refractivity contribution in [3.63, 3.8) is 0 Å². The van der Waals surface area contributed by atoms with Crippen molar-refractivity contribution < 1.29 is 18.4 Å². The van der Waals surface area contributed by atoms with Crippen molar-refractivity contribution in [2.45, 2.75) is 6.92 Å². The molecule has 0 aliphatic rings. The molecule has 2 N–H and O–H groups in total. The molecule has 8 heteroatoms. The zero-order valence-corrected chi connectivity index (χ0v) is 15.4. The average Bonchev–Trinajstić information content (AvgIpc) is 3.36. The fourth-order valence-corrected chi connectivity index (χ4v) is 2.65. The number of fused-ring (bicyclic) bond motifs is 2. The Bertz CT molecular complexity index is 1200. The van der Waals surface area contributed by atoms with Crippen LogP contribution in [0.4, 0.5) is 0 Å². The van der Waals surface area contributed by atoms with Crippen molar-refractivity contribution in [3.05, 3.63) is 72.2 Å². The van der Waals surface area contributed by atoms with E-state index >= 15 is 0 Å². The minimum absolute atomic E-state index is 0.149. The molecule has 4 rings (SSSR count). The van der Waals surface area contributed by atoms with Gasteiger partial charge in [0.15, 0.2) is 11.5 Å². The number of carbonyl (C=O) groups is 2. The molecular formula is C21H16N4O4. The summed E-state index contributed by atoms with van der Waals surface area (Å²) in [5.74, 6) is -0.675. The maximum atomic E-state index is 12.1. The number of rotatable bonds is 5. The van der Waals surface area contributed by atoms with Crippen LogP contribution in [0.2, 0.25) is 0 Å². The average molecular weight is 388 g/mol. The molecule has 2 heterocycles. The van der Waals surface area contributed by atoms with Crippen molar-refractivity contribution in [1.29, 1.82) is 0 Å². The summed E-state index contributed by atoms with van der Waals surface area (Å²) in [6.07, 6.45) is 1.31. The van der Waals surface area contributed by atoms with E-state index in [0.717, 1.165) is 10.8 Å². The Hall–Kier alpha value is -4.20. The van der Waals surface area contributed by atoms with Crippen molar-refractivity contribution in [3.8, 4) is 0 Å². The lowest BCUT2D eigenvalue weighted by Crippen LogP contribution is -2.20. The van der Waals surface area contributed by atoms with Gasteiger partial charge in [-0.15, -0.1) is 0 Å². The Labute approximate surface area is 164 Å². The Morgan fingerprint density at radius 3 is 1.90 bits per heavy atom. The number of furan rings is 2. The molecule has 0 fully saturated rings. The van der Waals surface area contributed by atoms with Gasteiger partial charge >= 0.3 is 11.8 Å². The lowest BCUT2D eigenvalue weighted by atomic mass is 10.2. The SMILES string of the molecule is CC(/C=N\NC(=O)c1cc2ccccc2o1)=NNC(=O)c1cc2ccccc2o1. The molecule has 0 atom stereocenters. The first-order valence-electron chi connectivity index (χ1n) is 8.75. The minimum Gasteiger partial charge on any atom is -0.451 e.